The fraction of sp³-hybridized carbons (Fsp3) is 0.591. The third kappa shape index (κ3) is 5.04. The number of carbonyl (C=O) groups is 2. The van der Waals surface area contributed by atoms with Crippen LogP contribution in [-0.2, 0) is 42.6 Å². The number of ether oxygens (including phenoxy) is 2. The van der Waals surface area contributed by atoms with Crippen molar-refractivity contribution in [2.45, 2.75) is 43.6 Å². The normalized spacial score (nSPS) is 18.5. The Hall–Kier alpha value is -2.50. The fourth-order valence-corrected chi connectivity index (χ4v) is 5.69. The lowest BCUT2D eigenvalue weighted by Gasteiger charge is -2.26. The molecule has 2 aliphatic rings. The molecule has 11 heteroatoms. The summed E-state index contributed by atoms with van der Waals surface area (Å²) in [4.78, 5) is 31.1. The second-order valence-corrected chi connectivity index (χ2v) is 10.4. The molecule has 1 aromatic carbocycles. The molecule has 0 spiro atoms. The number of imidazole rings is 1. The van der Waals surface area contributed by atoms with E-state index in [9.17, 15) is 18.0 Å². The van der Waals surface area contributed by atoms with Gasteiger partial charge in [0.15, 0.2) is 6.10 Å². The Balaban J connectivity index is 1.41. The highest BCUT2D eigenvalue weighted by Crippen LogP contribution is 2.23. The van der Waals surface area contributed by atoms with Crippen molar-refractivity contribution in [3.63, 3.8) is 0 Å². The van der Waals surface area contributed by atoms with Crippen molar-refractivity contribution >= 4 is 32.9 Å². The van der Waals surface area contributed by atoms with E-state index < -0.39 is 22.1 Å². The van der Waals surface area contributed by atoms with Crippen LogP contribution in [0.25, 0.3) is 11.0 Å². The number of esters is 1. The van der Waals surface area contributed by atoms with Crippen LogP contribution in [0.2, 0.25) is 0 Å². The van der Waals surface area contributed by atoms with Gasteiger partial charge in [0.05, 0.1) is 35.6 Å². The molecule has 0 radical (unpaired) electrons. The topological polar surface area (TPSA) is 111 Å². The molecule has 1 aromatic heterocycles. The van der Waals surface area contributed by atoms with Crippen LogP contribution >= 0.6 is 0 Å². The van der Waals surface area contributed by atoms with Crippen LogP contribution in [0.4, 0.5) is 0 Å². The number of hydrogen-bond acceptors (Lipinski definition) is 7. The van der Waals surface area contributed by atoms with E-state index in [-0.39, 0.29) is 17.2 Å². The van der Waals surface area contributed by atoms with Gasteiger partial charge in [-0.25, -0.2) is 13.4 Å². The molecule has 1 atom stereocenters. The first-order chi connectivity index (χ1) is 15.8. The first-order valence-corrected chi connectivity index (χ1v) is 12.7. The lowest BCUT2D eigenvalue weighted by atomic mass is 10.3. The Bertz CT molecular complexity index is 1130. The van der Waals surface area contributed by atoms with Crippen LogP contribution < -0.4 is 0 Å². The molecule has 2 aliphatic heterocycles. The van der Waals surface area contributed by atoms with E-state index in [4.69, 9.17) is 9.47 Å². The standard InChI is InChI=1S/C22H30N4O6S/c1-16(22(28)25-9-3-4-10-25)32-21(27)8-7-20-23-18-15-17(5-6-19(18)24(20)2)33(29,30)26-11-13-31-14-12-26/h5-6,15-16H,3-4,7-14H2,1-2H3/t16-/m1/s1. The Morgan fingerprint density at radius 2 is 1.85 bits per heavy atom. The molecule has 0 unspecified atom stereocenters. The third-order valence-corrected chi connectivity index (χ3v) is 8.07. The molecule has 10 nitrogen and oxygen atoms in total. The van der Waals surface area contributed by atoms with Crippen molar-refractivity contribution in [3.8, 4) is 0 Å². The third-order valence-electron chi connectivity index (χ3n) is 6.18. The number of benzene rings is 1. The molecular formula is C22H30N4O6S. The van der Waals surface area contributed by atoms with E-state index in [1.807, 2.05) is 11.6 Å². The number of fused-ring (bicyclic) bond motifs is 1. The van der Waals surface area contributed by atoms with Gasteiger partial charge < -0.3 is 18.9 Å². The molecule has 2 aromatic rings. The Kier molecular flexibility index (Phi) is 7.01. The van der Waals surface area contributed by atoms with Crippen molar-refractivity contribution in [2.75, 3.05) is 39.4 Å². The van der Waals surface area contributed by atoms with Crippen LogP contribution in [0.1, 0.15) is 32.0 Å². The summed E-state index contributed by atoms with van der Waals surface area (Å²) < 4.78 is 39.7. The van der Waals surface area contributed by atoms with E-state index in [0.29, 0.717) is 57.2 Å². The number of rotatable bonds is 7. The Morgan fingerprint density at radius 1 is 1.15 bits per heavy atom. The molecule has 4 rings (SSSR count). The van der Waals surface area contributed by atoms with E-state index in [2.05, 4.69) is 4.98 Å². The molecule has 2 saturated heterocycles. The second-order valence-electron chi connectivity index (χ2n) is 8.42. The maximum atomic E-state index is 12.9. The highest BCUT2D eigenvalue weighted by molar-refractivity contribution is 7.89. The van der Waals surface area contributed by atoms with Gasteiger partial charge in [0.2, 0.25) is 10.0 Å². The molecule has 33 heavy (non-hydrogen) atoms. The number of likely N-dealkylation sites (tertiary alicyclic amines) is 1. The van der Waals surface area contributed by atoms with Crippen molar-refractivity contribution in [2.24, 2.45) is 7.05 Å². The summed E-state index contributed by atoms with van der Waals surface area (Å²) in [5, 5.41) is 0. The number of carbonyl (C=O) groups excluding carboxylic acids is 2. The quantitative estimate of drug-likeness (QED) is 0.548. The van der Waals surface area contributed by atoms with Gasteiger partial charge in [-0.1, -0.05) is 0 Å². The lowest BCUT2D eigenvalue weighted by Crippen LogP contribution is -2.40. The van der Waals surface area contributed by atoms with Gasteiger partial charge in [0, 0.05) is 39.6 Å². The highest BCUT2D eigenvalue weighted by atomic mass is 32.2. The fourth-order valence-electron chi connectivity index (χ4n) is 4.26. The molecule has 3 heterocycles. The summed E-state index contributed by atoms with van der Waals surface area (Å²) in [6, 6.07) is 4.88. The molecular weight excluding hydrogens is 448 g/mol. The summed E-state index contributed by atoms with van der Waals surface area (Å²) in [7, 11) is -1.79. The maximum Gasteiger partial charge on any atom is 0.307 e. The van der Waals surface area contributed by atoms with Gasteiger partial charge in [-0.3, -0.25) is 9.59 Å². The molecule has 2 fully saturated rings. The van der Waals surface area contributed by atoms with Crippen molar-refractivity contribution in [1.82, 2.24) is 18.8 Å². The molecule has 0 aliphatic carbocycles. The van der Waals surface area contributed by atoms with Gasteiger partial charge in [0.25, 0.3) is 5.91 Å². The number of aryl methyl sites for hydroxylation is 2. The first-order valence-electron chi connectivity index (χ1n) is 11.3. The smallest absolute Gasteiger partial charge is 0.307 e. The van der Waals surface area contributed by atoms with E-state index in [1.54, 1.807) is 30.0 Å². The molecule has 0 saturated carbocycles. The number of amides is 1. The number of hydrogen-bond donors (Lipinski definition) is 0. The van der Waals surface area contributed by atoms with E-state index in [0.717, 1.165) is 18.4 Å². The van der Waals surface area contributed by atoms with Gasteiger partial charge >= 0.3 is 5.97 Å². The van der Waals surface area contributed by atoms with E-state index >= 15 is 0 Å². The minimum Gasteiger partial charge on any atom is -0.453 e. The number of nitrogens with zero attached hydrogens (tertiary/aromatic N) is 4. The van der Waals surface area contributed by atoms with Crippen LogP contribution in [0.3, 0.4) is 0 Å². The average Bonchev–Trinajstić information content (AvgIpc) is 3.46. The largest absolute Gasteiger partial charge is 0.453 e. The van der Waals surface area contributed by atoms with Crippen LogP contribution in [0.15, 0.2) is 23.1 Å². The minimum absolute atomic E-state index is 0.0771. The summed E-state index contributed by atoms with van der Waals surface area (Å²) in [5.74, 6) is 0.0247. The predicted molar refractivity (Wildman–Crippen MR) is 120 cm³/mol. The van der Waals surface area contributed by atoms with Crippen LogP contribution in [0, 0.1) is 0 Å². The molecule has 1 amide bonds. The number of morpholine rings is 1. The van der Waals surface area contributed by atoms with Crippen molar-refractivity contribution in [1.29, 1.82) is 0 Å². The van der Waals surface area contributed by atoms with Crippen LogP contribution in [-0.4, -0.2) is 84.5 Å². The summed E-state index contributed by atoms with van der Waals surface area (Å²) >= 11 is 0. The van der Waals surface area contributed by atoms with Gasteiger partial charge in [-0.15, -0.1) is 0 Å². The highest BCUT2D eigenvalue weighted by Gasteiger charge is 2.28. The molecule has 180 valence electrons. The zero-order valence-electron chi connectivity index (χ0n) is 19.0. The van der Waals surface area contributed by atoms with Gasteiger partial charge in [0.1, 0.15) is 5.82 Å². The lowest BCUT2D eigenvalue weighted by molar-refractivity contribution is -0.158. The van der Waals surface area contributed by atoms with Crippen LogP contribution in [0.5, 0.6) is 0 Å². The van der Waals surface area contributed by atoms with Gasteiger partial charge in [-0.2, -0.15) is 4.31 Å². The summed E-state index contributed by atoms with van der Waals surface area (Å²) in [6.45, 7) is 4.45. The number of sulfonamides is 1. The summed E-state index contributed by atoms with van der Waals surface area (Å²) in [5.41, 5.74) is 1.32. The van der Waals surface area contributed by atoms with Crippen molar-refractivity contribution < 1.29 is 27.5 Å². The zero-order valence-corrected chi connectivity index (χ0v) is 19.8. The van der Waals surface area contributed by atoms with E-state index in [1.165, 1.54) is 4.31 Å². The van der Waals surface area contributed by atoms with Gasteiger partial charge in [-0.05, 0) is 38.0 Å². The van der Waals surface area contributed by atoms with Crippen molar-refractivity contribution in [3.05, 3.63) is 24.0 Å². The first kappa shape index (κ1) is 23.7. The maximum absolute atomic E-state index is 12.9. The predicted octanol–water partition coefficient (Wildman–Crippen LogP) is 1.08. The molecule has 0 bridgehead atoms. The summed E-state index contributed by atoms with van der Waals surface area (Å²) in [6.07, 6.45) is 1.56. The number of aromatic nitrogens is 2. The average molecular weight is 479 g/mol. The zero-order chi connectivity index (χ0) is 23.6. The minimum atomic E-state index is -3.62. The second kappa shape index (κ2) is 9.78. The Morgan fingerprint density at radius 3 is 2.55 bits per heavy atom. The monoisotopic (exact) mass is 478 g/mol. The SMILES string of the molecule is C[C@@H](OC(=O)CCc1nc2cc(S(=O)(=O)N3CCOCC3)ccc2n1C)C(=O)N1CCCC1. The Labute approximate surface area is 193 Å². The molecule has 0 N–H and O–H groups in total.